The van der Waals surface area contributed by atoms with E-state index in [1.807, 2.05) is 42.5 Å². The Morgan fingerprint density at radius 3 is 2.30 bits per heavy atom. The molecule has 0 aliphatic heterocycles. The van der Waals surface area contributed by atoms with Crippen LogP contribution in [-0.4, -0.2) is 18.4 Å². The van der Waals surface area contributed by atoms with E-state index in [9.17, 15) is 9.59 Å². The van der Waals surface area contributed by atoms with E-state index in [4.69, 9.17) is 21.1 Å². The predicted octanol–water partition coefficient (Wildman–Crippen LogP) is 7.01. The van der Waals surface area contributed by atoms with Crippen molar-refractivity contribution in [3.05, 3.63) is 100 Å². The number of hydrogen-bond acceptors (Lipinski definition) is 4. The summed E-state index contributed by atoms with van der Waals surface area (Å²) in [6.45, 7) is -0.100. The SMILES string of the molecule is O=C(COC(=O)c1ccccc1OCc1ccccc1Cl)c1ccc(C2CCCCC2)cc1. The Bertz CT molecular complexity index is 1100. The van der Waals surface area contributed by atoms with Gasteiger partial charge in [0.1, 0.15) is 17.9 Å². The highest BCUT2D eigenvalue weighted by Gasteiger charge is 2.18. The van der Waals surface area contributed by atoms with Crippen LogP contribution >= 0.6 is 11.6 Å². The number of Topliss-reactive ketones (excluding diaryl/α,β-unsaturated/α-hetero) is 1. The molecule has 0 radical (unpaired) electrons. The monoisotopic (exact) mass is 462 g/mol. The smallest absolute Gasteiger partial charge is 0.342 e. The van der Waals surface area contributed by atoms with Crippen molar-refractivity contribution in [1.29, 1.82) is 0 Å². The Balaban J connectivity index is 1.35. The van der Waals surface area contributed by atoms with Crippen LogP contribution in [-0.2, 0) is 11.3 Å². The van der Waals surface area contributed by atoms with Crippen LogP contribution in [0, 0.1) is 0 Å². The molecule has 0 spiro atoms. The van der Waals surface area contributed by atoms with E-state index in [1.165, 1.54) is 37.7 Å². The second-order valence-electron chi connectivity index (χ2n) is 8.33. The maximum Gasteiger partial charge on any atom is 0.342 e. The minimum Gasteiger partial charge on any atom is -0.488 e. The number of esters is 1. The van der Waals surface area contributed by atoms with Gasteiger partial charge in [-0.25, -0.2) is 4.79 Å². The number of halogens is 1. The Morgan fingerprint density at radius 2 is 1.55 bits per heavy atom. The molecule has 4 nitrogen and oxygen atoms in total. The van der Waals surface area contributed by atoms with Crippen LogP contribution in [0.5, 0.6) is 5.75 Å². The summed E-state index contributed by atoms with van der Waals surface area (Å²) in [5, 5.41) is 0.595. The van der Waals surface area contributed by atoms with E-state index in [0.717, 1.165) is 5.56 Å². The second kappa shape index (κ2) is 11.2. The van der Waals surface area contributed by atoms with E-state index in [2.05, 4.69) is 0 Å². The Kier molecular flexibility index (Phi) is 7.79. The molecule has 0 saturated heterocycles. The molecule has 0 bridgehead atoms. The third-order valence-electron chi connectivity index (χ3n) is 6.09. The molecule has 1 aliphatic rings. The van der Waals surface area contributed by atoms with Crippen LogP contribution in [0.15, 0.2) is 72.8 Å². The molecular weight excluding hydrogens is 436 g/mol. The van der Waals surface area contributed by atoms with Crippen LogP contribution in [0.2, 0.25) is 5.02 Å². The number of ether oxygens (including phenoxy) is 2. The number of carbonyl (C=O) groups is 2. The molecule has 3 aromatic rings. The van der Waals surface area contributed by atoms with Gasteiger partial charge in [0.05, 0.1) is 0 Å². The molecule has 4 rings (SSSR count). The Morgan fingerprint density at radius 1 is 0.848 bits per heavy atom. The average molecular weight is 463 g/mol. The molecule has 1 aliphatic carbocycles. The molecule has 0 heterocycles. The molecule has 3 aromatic carbocycles. The summed E-state index contributed by atoms with van der Waals surface area (Å²) in [6.07, 6.45) is 6.27. The minimum absolute atomic E-state index is 0.218. The first-order chi connectivity index (χ1) is 16.1. The Labute approximate surface area is 199 Å². The van der Waals surface area contributed by atoms with Crippen molar-refractivity contribution in [2.24, 2.45) is 0 Å². The quantitative estimate of drug-likeness (QED) is 0.267. The number of hydrogen-bond donors (Lipinski definition) is 0. The van der Waals surface area contributed by atoms with Gasteiger partial charge < -0.3 is 9.47 Å². The zero-order valence-corrected chi connectivity index (χ0v) is 19.2. The first kappa shape index (κ1) is 23.1. The molecule has 33 heavy (non-hydrogen) atoms. The number of para-hydroxylation sites is 1. The van der Waals surface area contributed by atoms with Gasteiger partial charge in [-0.2, -0.15) is 0 Å². The lowest BCUT2D eigenvalue weighted by Crippen LogP contribution is -2.15. The van der Waals surface area contributed by atoms with Gasteiger partial charge in [-0.1, -0.05) is 85.5 Å². The number of rotatable bonds is 8. The first-order valence-corrected chi connectivity index (χ1v) is 11.7. The van der Waals surface area contributed by atoms with Crippen LogP contribution < -0.4 is 4.74 Å². The third kappa shape index (κ3) is 6.02. The van der Waals surface area contributed by atoms with Crippen LogP contribution in [0.4, 0.5) is 0 Å². The van der Waals surface area contributed by atoms with Crippen molar-refractivity contribution >= 4 is 23.4 Å². The van der Waals surface area contributed by atoms with Gasteiger partial charge in [-0.05, 0) is 42.5 Å². The summed E-state index contributed by atoms with van der Waals surface area (Å²) in [6, 6.07) is 21.9. The fraction of sp³-hybridized carbons (Fsp3) is 0.286. The van der Waals surface area contributed by atoms with Gasteiger partial charge in [0.25, 0.3) is 0 Å². The van der Waals surface area contributed by atoms with Gasteiger partial charge in [-0.3, -0.25) is 4.79 Å². The minimum atomic E-state index is -0.600. The van der Waals surface area contributed by atoms with Crippen LogP contribution in [0.1, 0.15) is 69.9 Å². The Hall–Kier alpha value is -3.11. The highest BCUT2D eigenvalue weighted by atomic mass is 35.5. The molecule has 5 heteroatoms. The zero-order valence-electron chi connectivity index (χ0n) is 18.5. The normalized spacial score (nSPS) is 14.0. The fourth-order valence-corrected chi connectivity index (χ4v) is 4.39. The molecule has 0 aromatic heterocycles. The first-order valence-electron chi connectivity index (χ1n) is 11.4. The zero-order chi connectivity index (χ0) is 23.0. The van der Waals surface area contributed by atoms with Crippen molar-refractivity contribution in [2.75, 3.05) is 6.61 Å². The van der Waals surface area contributed by atoms with E-state index in [-0.39, 0.29) is 24.6 Å². The van der Waals surface area contributed by atoms with Crippen molar-refractivity contribution in [2.45, 2.75) is 44.6 Å². The molecule has 0 N–H and O–H groups in total. The molecular formula is C28H27ClO4. The number of benzene rings is 3. The lowest BCUT2D eigenvalue weighted by Gasteiger charge is -2.22. The topological polar surface area (TPSA) is 52.6 Å². The summed E-state index contributed by atoms with van der Waals surface area (Å²) >= 11 is 6.18. The molecule has 170 valence electrons. The van der Waals surface area contributed by atoms with Gasteiger partial charge in [-0.15, -0.1) is 0 Å². The highest BCUT2D eigenvalue weighted by molar-refractivity contribution is 6.31. The standard InChI is InChI=1S/C28H27ClO4/c29-25-12-6-4-10-23(25)18-32-27-13-7-5-11-24(27)28(31)33-19-26(30)22-16-14-21(15-17-22)20-8-2-1-3-9-20/h4-7,10-17,20H,1-3,8-9,18-19H2. The van der Waals surface area contributed by atoms with Crippen molar-refractivity contribution in [3.8, 4) is 5.75 Å². The average Bonchev–Trinajstić information content (AvgIpc) is 2.87. The third-order valence-corrected chi connectivity index (χ3v) is 6.46. The van der Waals surface area contributed by atoms with E-state index < -0.39 is 5.97 Å². The highest BCUT2D eigenvalue weighted by Crippen LogP contribution is 2.32. The van der Waals surface area contributed by atoms with Crippen LogP contribution in [0.25, 0.3) is 0 Å². The number of carbonyl (C=O) groups excluding carboxylic acids is 2. The van der Waals surface area contributed by atoms with Gasteiger partial charge in [0, 0.05) is 16.1 Å². The van der Waals surface area contributed by atoms with Crippen LogP contribution in [0.3, 0.4) is 0 Å². The maximum atomic E-state index is 12.7. The molecule has 1 fully saturated rings. The van der Waals surface area contributed by atoms with Crippen molar-refractivity contribution in [1.82, 2.24) is 0 Å². The molecule has 0 atom stereocenters. The summed E-state index contributed by atoms with van der Waals surface area (Å²) in [5.74, 6) is 0.139. The lowest BCUT2D eigenvalue weighted by molar-refractivity contribution is 0.0470. The summed E-state index contributed by atoms with van der Waals surface area (Å²) in [7, 11) is 0. The molecule has 0 amide bonds. The lowest BCUT2D eigenvalue weighted by atomic mass is 9.84. The summed E-state index contributed by atoms with van der Waals surface area (Å²) < 4.78 is 11.1. The van der Waals surface area contributed by atoms with Crippen molar-refractivity contribution < 1.29 is 19.1 Å². The van der Waals surface area contributed by atoms with E-state index in [0.29, 0.717) is 22.3 Å². The summed E-state index contributed by atoms with van der Waals surface area (Å²) in [5.41, 5.74) is 2.91. The van der Waals surface area contributed by atoms with Gasteiger partial charge in [0.2, 0.25) is 0 Å². The van der Waals surface area contributed by atoms with Gasteiger partial charge in [0.15, 0.2) is 12.4 Å². The predicted molar refractivity (Wildman–Crippen MR) is 129 cm³/mol. The fourth-order valence-electron chi connectivity index (χ4n) is 4.20. The van der Waals surface area contributed by atoms with Crippen molar-refractivity contribution in [3.63, 3.8) is 0 Å². The second-order valence-corrected chi connectivity index (χ2v) is 8.74. The van der Waals surface area contributed by atoms with Gasteiger partial charge >= 0.3 is 5.97 Å². The van der Waals surface area contributed by atoms with E-state index >= 15 is 0 Å². The largest absolute Gasteiger partial charge is 0.488 e. The number of ketones is 1. The molecule has 0 unspecified atom stereocenters. The molecule has 1 saturated carbocycles. The maximum absolute atomic E-state index is 12.7. The summed E-state index contributed by atoms with van der Waals surface area (Å²) in [4.78, 5) is 25.2. The van der Waals surface area contributed by atoms with E-state index in [1.54, 1.807) is 30.3 Å².